The van der Waals surface area contributed by atoms with E-state index in [2.05, 4.69) is 42.6 Å². The Hall–Kier alpha value is -0.870. The molecule has 4 heteroatoms. The Morgan fingerprint density at radius 2 is 2.26 bits per heavy atom. The SMILES string of the molecule is CC(C)COC1CC(NCc2nccn2C)C1(C)C. The van der Waals surface area contributed by atoms with Crippen LogP contribution in [0.1, 0.15) is 39.9 Å². The van der Waals surface area contributed by atoms with E-state index in [1.54, 1.807) is 0 Å². The van der Waals surface area contributed by atoms with Gasteiger partial charge in [-0.15, -0.1) is 0 Å². The minimum absolute atomic E-state index is 0.208. The fourth-order valence-corrected chi connectivity index (χ4v) is 2.60. The quantitative estimate of drug-likeness (QED) is 0.858. The summed E-state index contributed by atoms with van der Waals surface area (Å²) in [5, 5.41) is 3.61. The highest BCUT2D eigenvalue weighted by Crippen LogP contribution is 2.43. The van der Waals surface area contributed by atoms with Gasteiger partial charge in [0.1, 0.15) is 5.82 Å². The molecule has 1 aliphatic rings. The van der Waals surface area contributed by atoms with Crippen molar-refractivity contribution < 1.29 is 4.74 Å². The monoisotopic (exact) mass is 265 g/mol. The Balaban J connectivity index is 1.79. The highest BCUT2D eigenvalue weighted by molar-refractivity contribution is 5.04. The van der Waals surface area contributed by atoms with E-state index >= 15 is 0 Å². The summed E-state index contributed by atoms with van der Waals surface area (Å²) in [5.74, 6) is 1.69. The van der Waals surface area contributed by atoms with Gasteiger partial charge in [-0.2, -0.15) is 0 Å². The van der Waals surface area contributed by atoms with Crippen molar-refractivity contribution in [1.29, 1.82) is 0 Å². The largest absolute Gasteiger partial charge is 0.377 e. The summed E-state index contributed by atoms with van der Waals surface area (Å²) in [6, 6.07) is 0.515. The average Bonchev–Trinajstić information content (AvgIpc) is 2.72. The van der Waals surface area contributed by atoms with Crippen LogP contribution in [-0.4, -0.2) is 28.3 Å². The van der Waals surface area contributed by atoms with Crippen molar-refractivity contribution in [1.82, 2.24) is 14.9 Å². The van der Waals surface area contributed by atoms with Gasteiger partial charge < -0.3 is 14.6 Å². The molecule has 1 aliphatic carbocycles. The van der Waals surface area contributed by atoms with E-state index in [9.17, 15) is 0 Å². The van der Waals surface area contributed by atoms with Crippen LogP contribution in [0.15, 0.2) is 12.4 Å². The van der Waals surface area contributed by atoms with Crippen LogP contribution in [0, 0.1) is 11.3 Å². The van der Waals surface area contributed by atoms with Crippen LogP contribution in [0.3, 0.4) is 0 Å². The number of nitrogens with zero attached hydrogens (tertiary/aromatic N) is 2. The average molecular weight is 265 g/mol. The zero-order valence-corrected chi connectivity index (χ0v) is 12.8. The van der Waals surface area contributed by atoms with Gasteiger partial charge in [0.05, 0.1) is 12.6 Å². The van der Waals surface area contributed by atoms with Gasteiger partial charge in [0.15, 0.2) is 0 Å². The summed E-state index contributed by atoms with van der Waals surface area (Å²) in [4.78, 5) is 4.34. The van der Waals surface area contributed by atoms with Crippen LogP contribution < -0.4 is 5.32 Å². The van der Waals surface area contributed by atoms with Crippen LogP contribution in [-0.2, 0) is 18.3 Å². The second-order valence-electron chi connectivity index (χ2n) is 6.66. The molecule has 1 fully saturated rings. The van der Waals surface area contributed by atoms with Crippen molar-refractivity contribution in [3.05, 3.63) is 18.2 Å². The number of aromatic nitrogens is 2. The Morgan fingerprint density at radius 3 is 2.79 bits per heavy atom. The normalized spacial score (nSPS) is 25.6. The second kappa shape index (κ2) is 5.63. The number of rotatable bonds is 6. The highest BCUT2D eigenvalue weighted by Gasteiger charge is 2.48. The van der Waals surface area contributed by atoms with Crippen LogP contribution >= 0.6 is 0 Å². The van der Waals surface area contributed by atoms with Crippen molar-refractivity contribution in [3.8, 4) is 0 Å². The maximum Gasteiger partial charge on any atom is 0.122 e. The predicted octanol–water partition coefficient (Wildman–Crippen LogP) is 2.35. The Labute approximate surface area is 116 Å². The van der Waals surface area contributed by atoms with Gasteiger partial charge in [-0.05, 0) is 12.3 Å². The third-order valence-electron chi connectivity index (χ3n) is 4.24. The summed E-state index contributed by atoms with van der Waals surface area (Å²) in [6.07, 6.45) is 5.31. The summed E-state index contributed by atoms with van der Waals surface area (Å²) < 4.78 is 8.05. The maximum atomic E-state index is 5.98. The van der Waals surface area contributed by atoms with Crippen LogP contribution in [0.4, 0.5) is 0 Å². The molecular weight excluding hydrogens is 238 g/mol. The molecule has 0 saturated heterocycles. The number of imidazole rings is 1. The third kappa shape index (κ3) is 3.18. The first-order valence-corrected chi connectivity index (χ1v) is 7.22. The molecule has 1 heterocycles. The summed E-state index contributed by atoms with van der Waals surface area (Å²) in [7, 11) is 2.03. The van der Waals surface area contributed by atoms with Gasteiger partial charge >= 0.3 is 0 Å². The van der Waals surface area contributed by atoms with Gasteiger partial charge in [0.25, 0.3) is 0 Å². The first-order valence-electron chi connectivity index (χ1n) is 7.22. The molecule has 1 aromatic rings. The lowest BCUT2D eigenvalue weighted by molar-refractivity contribution is -0.124. The number of nitrogens with one attached hydrogen (secondary N) is 1. The Bertz CT molecular complexity index is 411. The van der Waals surface area contributed by atoms with Crippen molar-refractivity contribution in [3.63, 3.8) is 0 Å². The molecule has 0 bridgehead atoms. The number of ether oxygens (including phenoxy) is 1. The molecular formula is C15H27N3O. The lowest BCUT2D eigenvalue weighted by atomic mass is 9.64. The molecule has 2 unspecified atom stereocenters. The molecule has 0 spiro atoms. The molecule has 2 atom stereocenters. The summed E-state index contributed by atoms with van der Waals surface area (Å²) >= 11 is 0. The molecule has 108 valence electrons. The van der Waals surface area contributed by atoms with Crippen molar-refractivity contribution >= 4 is 0 Å². The van der Waals surface area contributed by atoms with Crippen molar-refractivity contribution in [2.45, 2.75) is 52.8 Å². The van der Waals surface area contributed by atoms with Gasteiger partial charge in [0, 0.05) is 37.5 Å². The van der Waals surface area contributed by atoms with E-state index in [-0.39, 0.29) is 5.41 Å². The summed E-state index contributed by atoms with van der Waals surface area (Å²) in [6.45, 7) is 10.7. The second-order valence-corrected chi connectivity index (χ2v) is 6.66. The lowest BCUT2D eigenvalue weighted by Gasteiger charge is -2.52. The first kappa shape index (κ1) is 14.5. The smallest absolute Gasteiger partial charge is 0.122 e. The van der Waals surface area contributed by atoms with Gasteiger partial charge in [0.2, 0.25) is 0 Å². The molecule has 1 aromatic heterocycles. The molecule has 0 aliphatic heterocycles. The van der Waals surface area contributed by atoms with E-state index < -0.39 is 0 Å². The zero-order chi connectivity index (χ0) is 14.0. The van der Waals surface area contributed by atoms with E-state index in [4.69, 9.17) is 4.74 Å². The lowest BCUT2D eigenvalue weighted by Crippen LogP contribution is -2.60. The van der Waals surface area contributed by atoms with Gasteiger partial charge in [-0.1, -0.05) is 27.7 Å². The predicted molar refractivity (Wildman–Crippen MR) is 76.8 cm³/mol. The number of hydrogen-bond acceptors (Lipinski definition) is 3. The molecule has 0 aromatic carbocycles. The van der Waals surface area contributed by atoms with Crippen LogP contribution in [0.5, 0.6) is 0 Å². The van der Waals surface area contributed by atoms with Gasteiger partial charge in [-0.3, -0.25) is 0 Å². The van der Waals surface area contributed by atoms with Crippen molar-refractivity contribution in [2.24, 2.45) is 18.4 Å². The Morgan fingerprint density at radius 1 is 1.53 bits per heavy atom. The molecule has 1 saturated carbocycles. The van der Waals surface area contributed by atoms with E-state index in [0.29, 0.717) is 18.1 Å². The highest BCUT2D eigenvalue weighted by atomic mass is 16.5. The molecule has 4 nitrogen and oxygen atoms in total. The standard InChI is InChI=1S/C15H27N3O/c1-11(2)10-19-13-8-12(15(13,3)4)17-9-14-16-6-7-18(14)5/h6-7,11-13,17H,8-10H2,1-5H3. The van der Waals surface area contributed by atoms with E-state index in [0.717, 1.165) is 25.4 Å². The number of aryl methyl sites for hydroxylation is 1. The molecule has 1 N–H and O–H groups in total. The zero-order valence-electron chi connectivity index (χ0n) is 12.8. The van der Waals surface area contributed by atoms with Gasteiger partial charge in [-0.25, -0.2) is 4.98 Å². The fraction of sp³-hybridized carbons (Fsp3) is 0.800. The minimum atomic E-state index is 0.208. The van der Waals surface area contributed by atoms with E-state index in [1.165, 1.54) is 0 Å². The molecule has 0 radical (unpaired) electrons. The van der Waals surface area contributed by atoms with E-state index in [1.807, 2.05) is 19.4 Å². The summed E-state index contributed by atoms with van der Waals surface area (Å²) in [5.41, 5.74) is 0.208. The minimum Gasteiger partial charge on any atom is -0.377 e. The van der Waals surface area contributed by atoms with Crippen LogP contribution in [0.25, 0.3) is 0 Å². The molecule has 19 heavy (non-hydrogen) atoms. The molecule has 2 rings (SSSR count). The van der Waals surface area contributed by atoms with Crippen LogP contribution in [0.2, 0.25) is 0 Å². The first-order chi connectivity index (χ1) is 8.91. The Kier molecular flexibility index (Phi) is 4.31. The topological polar surface area (TPSA) is 39.1 Å². The molecule has 0 amide bonds. The fourth-order valence-electron chi connectivity index (χ4n) is 2.60. The third-order valence-corrected chi connectivity index (χ3v) is 4.24. The number of hydrogen-bond donors (Lipinski definition) is 1. The maximum absolute atomic E-state index is 5.98. The van der Waals surface area contributed by atoms with Crippen molar-refractivity contribution in [2.75, 3.05) is 6.61 Å².